The Kier molecular flexibility index (Phi) is 4.08. The number of carbonyl (C=O) groups excluding carboxylic acids is 1. The number of anilines is 1. The molecule has 2 heterocycles. The summed E-state index contributed by atoms with van der Waals surface area (Å²) in [5, 5.41) is 3.25. The lowest BCUT2D eigenvalue weighted by atomic mass is 9.84. The molecular weight excluding hydrogens is 300 g/mol. The van der Waals surface area contributed by atoms with Gasteiger partial charge >= 0.3 is 0 Å². The van der Waals surface area contributed by atoms with Gasteiger partial charge in [0.1, 0.15) is 0 Å². The van der Waals surface area contributed by atoms with Crippen molar-refractivity contribution < 1.29 is 4.79 Å². The highest BCUT2D eigenvalue weighted by atomic mass is 16.2. The van der Waals surface area contributed by atoms with Crippen molar-refractivity contribution in [1.29, 1.82) is 0 Å². The van der Waals surface area contributed by atoms with Crippen LogP contribution in [-0.2, 0) is 4.79 Å². The summed E-state index contributed by atoms with van der Waals surface area (Å²) in [6.45, 7) is 3.82. The molecule has 0 spiro atoms. The van der Waals surface area contributed by atoms with E-state index in [0.29, 0.717) is 0 Å². The number of para-hydroxylation sites is 2. The first-order valence-corrected chi connectivity index (χ1v) is 8.99. The van der Waals surface area contributed by atoms with E-state index in [-0.39, 0.29) is 17.9 Å². The molecule has 0 bridgehead atoms. The molecule has 2 fully saturated rings. The Bertz CT molecular complexity index is 756. The van der Waals surface area contributed by atoms with Crippen molar-refractivity contribution in [3.63, 3.8) is 0 Å². The average molecular weight is 324 g/mol. The highest BCUT2D eigenvalue weighted by Crippen LogP contribution is 2.27. The van der Waals surface area contributed by atoms with Gasteiger partial charge in [-0.25, -0.2) is 9.97 Å². The zero-order valence-corrected chi connectivity index (χ0v) is 14.2. The Morgan fingerprint density at radius 3 is 2.58 bits per heavy atom. The number of carbonyl (C=O) groups is 1. The van der Waals surface area contributed by atoms with E-state index in [0.717, 1.165) is 61.3 Å². The maximum atomic E-state index is 12.2. The van der Waals surface area contributed by atoms with Gasteiger partial charge in [-0.3, -0.25) is 4.79 Å². The SMILES string of the molecule is Cc1nc2ccccc2nc1N1CCCC(NC(=O)C2CCC2)C1. The van der Waals surface area contributed by atoms with Crippen LogP contribution in [0.25, 0.3) is 11.0 Å². The Balaban J connectivity index is 1.51. The number of aryl methyl sites for hydroxylation is 1. The number of benzene rings is 1. The van der Waals surface area contributed by atoms with E-state index in [9.17, 15) is 4.79 Å². The predicted octanol–water partition coefficient (Wildman–Crippen LogP) is 2.82. The lowest BCUT2D eigenvalue weighted by Crippen LogP contribution is -2.50. The summed E-state index contributed by atoms with van der Waals surface area (Å²) in [4.78, 5) is 24.0. The molecular formula is C19H24N4O. The van der Waals surface area contributed by atoms with Crippen LogP contribution in [0.15, 0.2) is 24.3 Å². The van der Waals surface area contributed by atoms with Crippen molar-refractivity contribution in [1.82, 2.24) is 15.3 Å². The summed E-state index contributed by atoms with van der Waals surface area (Å²) in [7, 11) is 0. The molecule has 1 saturated carbocycles. The lowest BCUT2D eigenvalue weighted by Gasteiger charge is -2.36. The van der Waals surface area contributed by atoms with Gasteiger partial charge in [0, 0.05) is 25.0 Å². The van der Waals surface area contributed by atoms with Gasteiger partial charge in [0.15, 0.2) is 5.82 Å². The Morgan fingerprint density at radius 2 is 1.88 bits per heavy atom. The molecule has 1 amide bonds. The highest BCUT2D eigenvalue weighted by molar-refractivity contribution is 5.80. The van der Waals surface area contributed by atoms with Crippen molar-refractivity contribution in [2.45, 2.75) is 45.1 Å². The van der Waals surface area contributed by atoms with E-state index in [1.807, 2.05) is 31.2 Å². The fourth-order valence-electron chi connectivity index (χ4n) is 3.66. The van der Waals surface area contributed by atoms with Crippen molar-refractivity contribution in [2.24, 2.45) is 5.92 Å². The highest BCUT2D eigenvalue weighted by Gasteiger charge is 2.29. The van der Waals surface area contributed by atoms with Crippen molar-refractivity contribution in [2.75, 3.05) is 18.0 Å². The number of aromatic nitrogens is 2. The lowest BCUT2D eigenvalue weighted by molar-refractivity contribution is -0.128. The van der Waals surface area contributed by atoms with Crippen LogP contribution in [0.1, 0.15) is 37.8 Å². The summed E-state index contributed by atoms with van der Waals surface area (Å²) < 4.78 is 0. The predicted molar refractivity (Wildman–Crippen MR) is 95.0 cm³/mol. The van der Waals surface area contributed by atoms with Gasteiger partial charge in [0.05, 0.1) is 16.7 Å². The van der Waals surface area contributed by atoms with E-state index >= 15 is 0 Å². The monoisotopic (exact) mass is 324 g/mol. The van der Waals surface area contributed by atoms with Gasteiger partial charge in [-0.15, -0.1) is 0 Å². The zero-order chi connectivity index (χ0) is 16.5. The zero-order valence-electron chi connectivity index (χ0n) is 14.2. The van der Waals surface area contributed by atoms with Crippen LogP contribution in [0.3, 0.4) is 0 Å². The second kappa shape index (κ2) is 6.38. The standard InChI is InChI=1S/C19H24N4O/c1-13-18(22-17-10-3-2-9-16(17)20-13)23-11-5-8-15(12-23)21-19(24)14-6-4-7-14/h2-3,9-10,14-15H,4-8,11-12H2,1H3,(H,21,24). The molecule has 1 atom stereocenters. The largest absolute Gasteiger partial charge is 0.353 e. The Labute approximate surface area is 142 Å². The summed E-state index contributed by atoms with van der Waals surface area (Å²) in [5.41, 5.74) is 2.82. The maximum absolute atomic E-state index is 12.2. The minimum Gasteiger partial charge on any atom is -0.353 e. The first-order valence-electron chi connectivity index (χ1n) is 8.99. The van der Waals surface area contributed by atoms with E-state index in [1.165, 1.54) is 6.42 Å². The molecule has 1 aliphatic carbocycles. The number of nitrogens with one attached hydrogen (secondary N) is 1. The number of rotatable bonds is 3. The van der Waals surface area contributed by atoms with E-state index < -0.39 is 0 Å². The Morgan fingerprint density at radius 1 is 1.12 bits per heavy atom. The number of amides is 1. The third-order valence-corrected chi connectivity index (χ3v) is 5.26. The molecule has 1 saturated heterocycles. The van der Waals surface area contributed by atoms with Crippen LogP contribution in [0.2, 0.25) is 0 Å². The summed E-state index contributed by atoms with van der Waals surface area (Å²) >= 11 is 0. The van der Waals surface area contributed by atoms with Crippen LogP contribution in [0.4, 0.5) is 5.82 Å². The van der Waals surface area contributed by atoms with Gasteiger partial charge in [-0.2, -0.15) is 0 Å². The van der Waals surface area contributed by atoms with E-state index in [4.69, 9.17) is 9.97 Å². The molecule has 1 N–H and O–H groups in total. The Hall–Kier alpha value is -2.17. The molecule has 24 heavy (non-hydrogen) atoms. The van der Waals surface area contributed by atoms with Crippen LogP contribution >= 0.6 is 0 Å². The minimum atomic E-state index is 0.222. The van der Waals surface area contributed by atoms with Crippen molar-refractivity contribution in [3.8, 4) is 0 Å². The normalized spacial score (nSPS) is 21.5. The van der Waals surface area contributed by atoms with Crippen LogP contribution in [0.5, 0.6) is 0 Å². The second-order valence-corrected chi connectivity index (χ2v) is 7.04. The van der Waals surface area contributed by atoms with Gasteiger partial charge < -0.3 is 10.2 Å². The first kappa shape index (κ1) is 15.4. The fourth-order valence-corrected chi connectivity index (χ4v) is 3.66. The number of hydrogen-bond acceptors (Lipinski definition) is 4. The van der Waals surface area contributed by atoms with Crippen molar-refractivity contribution >= 4 is 22.8 Å². The van der Waals surface area contributed by atoms with Gasteiger partial charge in [0.2, 0.25) is 5.91 Å². The minimum absolute atomic E-state index is 0.222. The van der Waals surface area contributed by atoms with Crippen LogP contribution < -0.4 is 10.2 Å². The molecule has 1 aliphatic heterocycles. The molecule has 2 aliphatic rings. The molecule has 2 aromatic rings. The molecule has 5 nitrogen and oxygen atoms in total. The van der Waals surface area contributed by atoms with E-state index in [1.54, 1.807) is 0 Å². The third-order valence-electron chi connectivity index (χ3n) is 5.26. The number of fused-ring (bicyclic) bond motifs is 1. The van der Waals surface area contributed by atoms with E-state index in [2.05, 4.69) is 10.2 Å². The average Bonchev–Trinajstić information content (AvgIpc) is 2.52. The molecule has 0 radical (unpaired) electrons. The quantitative estimate of drug-likeness (QED) is 0.943. The maximum Gasteiger partial charge on any atom is 0.223 e. The summed E-state index contributed by atoms with van der Waals surface area (Å²) in [6.07, 6.45) is 5.42. The first-order chi connectivity index (χ1) is 11.7. The van der Waals surface area contributed by atoms with Crippen LogP contribution in [0, 0.1) is 12.8 Å². The number of piperidine rings is 1. The molecule has 1 aromatic heterocycles. The van der Waals surface area contributed by atoms with Crippen LogP contribution in [-0.4, -0.2) is 35.0 Å². The fraction of sp³-hybridized carbons (Fsp3) is 0.526. The van der Waals surface area contributed by atoms with Gasteiger partial charge in [-0.05, 0) is 44.7 Å². The molecule has 126 valence electrons. The molecule has 1 aromatic carbocycles. The second-order valence-electron chi connectivity index (χ2n) is 7.04. The third kappa shape index (κ3) is 2.95. The smallest absolute Gasteiger partial charge is 0.223 e. The summed E-state index contributed by atoms with van der Waals surface area (Å²) in [6, 6.07) is 8.21. The number of hydrogen-bond donors (Lipinski definition) is 1. The van der Waals surface area contributed by atoms with Gasteiger partial charge in [0.25, 0.3) is 0 Å². The number of nitrogens with zero attached hydrogens (tertiary/aromatic N) is 3. The molecule has 1 unspecified atom stereocenters. The van der Waals surface area contributed by atoms with Crippen molar-refractivity contribution in [3.05, 3.63) is 30.0 Å². The molecule has 5 heteroatoms. The summed E-state index contributed by atoms with van der Waals surface area (Å²) in [5.74, 6) is 1.45. The van der Waals surface area contributed by atoms with Gasteiger partial charge in [-0.1, -0.05) is 18.6 Å². The topological polar surface area (TPSA) is 58.1 Å². The molecule has 4 rings (SSSR count).